The smallest absolute Gasteiger partial charge is 0.191 e. The summed E-state index contributed by atoms with van der Waals surface area (Å²) in [4.78, 5) is 4.70. The number of guanidine groups is 1. The van der Waals surface area contributed by atoms with Crippen molar-refractivity contribution in [1.82, 2.24) is 10.6 Å². The number of methoxy groups -OCH3 is 1. The number of nitrogens with zero attached hydrogens (tertiary/aromatic N) is 1. The minimum absolute atomic E-state index is 0. The van der Waals surface area contributed by atoms with Gasteiger partial charge in [0.05, 0.1) is 13.7 Å². The number of halogens is 1. The highest BCUT2D eigenvalue weighted by atomic mass is 127. The van der Waals surface area contributed by atoms with E-state index >= 15 is 0 Å². The van der Waals surface area contributed by atoms with Crippen LogP contribution in [0.2, 0.25) is 0 Å². The monoisotopic (exact) mass is 477 g/mol. The van der Waals surface area contributed by atoms with Crippen molar-refractivity contribution >= 4 is 29.9 Å². The van der Waals surface area contributed by atoms with E-state index in [2.05, 4.69) is 31.4 Å². The molecule has 0 fully saturated rings. The van der Waals surface area contributed by atoms with Crippen molar-refractivity contribution in [2.75, 3.05) is 33.4 Å². The van der Waals surface area contributed by atoms with Gasteiger partial charge in [0.15, 0.2) is 5.96 Å². The van der Waals surface area contributed by atoms with Crippen molar-refractivity contribution in [2.45, 2.75) is 47.1 Å². The van der Waals surface area contributed by atoms with Gasteiger partial charge in [0.1, 0.15) is 5.75 Å². The van der Waals surface area contributed by atoms with E-state index in [0.717, 1.165) is 56.4 Å². The average molecular weight is 477 g/mol. The molecule has 26 heavy (non-hydrogen) atoms. The highest BCUT2D eigenvalue weighted by Crippen LogP contribution is 2.17. The molecule has 0 aromatic heterocycles. The molecular formula is C20H36IN3O2. The molecule has 1 rings (SSSR count). The molecule has 0 spiro atoms. The van der Waals surface area contributed by atoms with Crippen LogP contribution in [0.1, 0.15) is 46.1 Å². The second-order valence-electron chi connectivity index (χ2n) is 7.23. The summed E-state index contributed by atoms with van der Waals surface area (Å²) >= 11 is 0. The Balaban J connectivity index is 0.00000625. The zero-order valence-corrected chi connectivity index (χ0v) is 19.3. The van der Waals surface area contributed by atoms with Crippen LogP contribution in [0.4, 0.5) is 0 Å². The molecular weight excluding hydrogens is 441 g/mol. The molecule has 0 aliphatic carbocycles. The summed E-state index contributed by atoms with van der Waals surface area (Å²) < 4.78 is 10.6. The third-order valence-corrected chi connectivity index (χ3v) is 3.71. The fourth-order valence-corrected chi connectivity index (χ4v) is 2.16. The lowest BCUT2D eigenvalue weighted by molar-refractivity contribution is 0.145. The van der Waals surface area contributed by atoms with Gasteiger partial charge in [-0.15, -0.1) is 24.0 Å². The molecule has 0 unspecified atom stereocenters. The fraction of sp³-hybridized carbons (Fsp3) is 0.650. The average Bonchev–Trinajstić information content (AvgIpc) is 2.58. The van der Waals surface area contributed by atoms with Gasteiger partial charge in [0.2, 0.25) is 0 Å². The molecule has 150 valence electrons. The predicted molar refractivity (Wildman–Crippen MR) is 121 cm³/mol. The molecule has 0 aliphatic rings. The highest BCUT2D eigenvalue weighted by Gasteiger charge is 2.09. The maximum Gasteiger partial charge on any atom is 0.191 e. The summed E-state index contributed by atoms with van der Waals surface area (Å²) in [5.74, 6) is 1.72. The zero-order chi connectivity index (χ0) is 18.5. The lowest BCUT2D eigenvalue weighted by atomic mass is 9.92. The summed E-state index contributed by atoms with van der Waals surface area (Å²) in [5.41, 5.74) is 1.47. The summed E-state index contributed by atoms with van der Waals surface area (Å²) in [7, 11) is 1.68. The van der Waals surface area contributed by atoms with Crippen molar-refractivity contribution in [3.63, 3.8) is 0 Å². The van der Waals surface area contributed by atoms with Crippen molar-refractivity contribution in [1.29, 1.82) is 0 Å². The van der Waals surface area contributed by atoms with Crippen LogP contribution in [0.25, 0.3) is 0 Å². The first-order valence-corrected chi connectivity index (χ1v) is 9.17. The number of ether oxygens (including phenoxy) is 2. The zero-order valence-electron chi connectivity index (χ0n) is 16.9. The summed E-state index contributed by atoms with van der Waals surface area (Å²) in [6.45, 7) is 12.7. The molecule has 1 aromatic carbocycles. The second kappa shape index (κ2) is 14.1. The Morgan fingerprint density at radius 3 is 2.31 bits per heavy atom. The molecule has 0 aliphatic heterocycles. The van der Waals surface area contributed by atoms with Crippen LogP contribution < -0.4 is 15.4 Å². The second-order valence-corrected chi connectivity index (χ2v) is 7.23. The molecule has 0 radical (unpaired) electrons. The quantitative estimate of drug-likeness (QED) is 0.230. The maximum atomic E-state index is 5.38. The molecule has 2 N–H and O–H groups in total. The van der Waals surface area contributed by atoms with Crippen molar-refractivity contribution < 1.29 is 9.47 Å². The van der Waals surface area contributed by atoms with E-state index in [-0.39, 0.29) is 24.0 Å². The van der Waals surface area contributed by atoms with Gasteiger partial charge in [-0.3, -0.25) is 0 Å². The molecule has 0 saturated heterocycles. The Morgan fingerprint density at radius 2 is 1.73 bits per heavy atom. The van der Waals surface area contributed by atoms with E-state index in [4.69, 9.17) is 14.5 Å². The Labute approximate surface area is 176 Å². The van der Waals surface area contributed by atoms with Crippen LogP contribution in [0.15, 0.2) is 29.3 Å². The van der Waals surface area contributed by atoms with Gasteiger partial charge in [-0.05, 0) is 42.9 Å². The van der Waals surface area contributed by atoms with Crippen LogP contribution in [-0.4, -0.2) is 39.4 Å². The highest BCUT2D eigenvalue weighted by molar-refractivity contribution is 14.0. The number of rotatable bonds is 10. The number of nitrogens with one attached hydrogen (secondary N) is 2. The molecule has 0 saturated carbocycles. The number of aliphatic imine (C=N–C) groups is 1. The third kappa shape index (κ3) is 12.4. The van der Waals surface area contributed by atoms with Crippen LogP contribution >= 0.6 is 24.0 Å². The standard InChI is InChI=1S/C20H35N3O2.HI/c1-6-25-15-7-13-21-19(22-14-12-20(2,3)4)23-16-17-8-10-18(24-5)11-9-17;/h8-11H,6-7,12-16H2,1-5H3,(H2,21,22,23);1H. The third-order valence-electron chi connectivity index (χ3n) is 3.71. The predicted octanol–water partition coefficient (Wildman–Crippen LogP) is 4.21. The Bertz CT molecular complexity index is 499. The van der Waals surface area contributed by atoms with Crippen molar-refractivity contribution in [3.8, 4) is 5.75 Å². The molecule has 0 heterocycles. The maximum absolute atomic E-state index is 5.38. The largest absolute Gasteiger partial charge is 0.497 e. The Kier molecular flexibility index (Phi) is 13.5. The first-order valence-electron chi connectivity index (χ1n) is 9.17. The molecule has 0 bridgehead atoms. The molecule has 0 amide bonds. The lowest BCUT2D eigenvalue weighted by Gasteiger charge is -2.19. The van der Waals surface area contributed by atoms with Gasteiger partial charge >= 0.3 is 0 Å². The first kappa shape index (κ1) is 25.0. The van der Waals surface area contributed by atoms with Crippen LogP contribution in [-0.2, 0) is 11.3 Å². The number of hydrogen-bond donors (Lipinski definition) is 2. The molecule has 1 aromatic rings. The SMILES string of the molecule is CCOCCCNC(=NCc1ccc(OC)cc1)NCCC(C)(C)C.I. The van der Waals surface area contributed by atoms with Gasteiger partial charge in [-0.25, -0.2) is 4.99 Å². The van der Waals surface area contributed by atoms with E-state index in [0.29, 0.717) is 12.0 Å². The fourth-order valence-electron chi connectivity index (χ4n) is 2.16. The van der Waals surface area contributed by atoms with E-state index < -0.39 is 0 Å². The topological polar surface area (TPSA) is 54.9 Å². The van der Waals surface area contributed by atoms with Gasteiger partial charge in [-0.2, -0.15) is 0 Å². The Hall–Kier alpha value is -1.02. The van der Waals surface area contributed by atoms with Crippen LogP contribution in [0, 0.1) is 5.41 Å². The summed E-state index contributed by atoms with van der Waals surface area (Å²) in [5, 5.41) is 6.83. The van der Waals surface area contributed by atoms with E-state index in [1.165, 1.54) is 0 Å². The van der Waals surface area contributed by atoms with E-state index in [1.807, 2.05) is 31.2 Å². The van der Waals surface area contributed by atoms with Gasteiger partial charge in [0, 0.05) is 26.3 Å². The van der Waals surface area contributed by atoms with E-state index in [9.17, 15) is 0 Å². The normalized spacial score (nSPS) is 11.7. The molecule has 6 heteroatoms. The van der Waals surface area contributed by atoms with Crippen molar-refractivity contribution in [3.05, 3.63) is 29.8 Å². The summed E-state index contributed by atoms with van der Waals surface area (Å²) in [6, 6.07) is 8.02. The Morgan fingerprint density at radius 1 is 1.08 bits per heavy atom. The minimum atomic E-state index is 0. The van der Waals surface area contributed by atoms with Crippen LogP contribution in [0.5, 0.6) is 5.75 Å². The lowest BCUT2D eigenvalue weighted by Crippen LogP contribution is -2.39. The summed E-state index contributed by atoms with van der Waals surface area (Å²) in [6.07, 6.45) is 2.06. The molecule has 5 nitrogen and oxygen atoms in total. The number of hydrogen-bond acceptors (Lipinski definition) is 3. The first-order chi connectivity index (χ1) is 11.9. The minimum Gasteiger partial charge on any atom is -0.497 e. The molecule has 0 atom stereocenters. The van der Waals surface area contributed by atoms with Gasteiger partial charge < -0.3 is 20.1 Å². The van der Waals surface area contributed by atoms with Gasteiger partial charge in [-0.1, -0.05) is 32.9 Å². The van der Waals surface area contributed by atoms with Crippen molar-refractivity contribution in [2.24, 2.45) is 10.4 Å². The van der Waals surface area contributed by atoms with Gasteiger partial charge in [0.25, 0.3) is 0 Å². The van der Waals surface area contributed by atoms with Crippen LogP contribution in [0.3, 0.4) is 0 Å². The van der Waals surface area contributed by atoms with E-state index in [1.54, 1.807) is 7.11 Å². The number of benzene rings is 1.